The molecule has 1 heterocycles. The van der Waals surface area contributed by atoms with Crippen LogP contribution in [0.25, 0.3) is 0 Å². The summed E-state index contributed by atoms with van der Waals surface area (Å²) in [6.07, 6.45) is 0.402. The van der Waals surface area contributed by atoms with Crippen molar-refractivity contribution in [3.63, 3.8) is 0 Å². The molecule has 1 nitrogen and oxygen atoms in total. The smallest absolute Gasteiger partial charge is 0.122 e. The maximum absolute atomic E-state index is 12.5. The molecule has 8 heavy (non-hydrogen) atoms. The molecule has 1 rings (SSSR count). The van der Waals surface area contributed by atoms with Crippen LogP contribution >= 0.6 is 0 Å². The van der Waals surface area contributed by atoms with Crippen LogP contribution in [0, 0.1) is 0 Å². The van der Waals surface area contributed by atoms with E-state index in [-0.39, 0.29) is 6.04 Å². The first-order valence-electron chi connectivity index (χ1n) is 3.54. The maximum Gasteiger partial charge on any atom is 0.122 e. The number of nitrogens with one attached hydrogen (secondary N) is 1. The minimum absolute atomic E-state index is 0.105. The highest BCUT2D eigenvalue weighted by Crippen LogP contribution is 2.10. The van der Waals surface area contributed by atoms with Crippen LogP contribution in [-0.4, -0.2) is 18.8 Å². The van der Waals surface area contributed by atoms with E-state index in [2.05, 4.69) is 0 Å². The molecule has 0 aromatic rings. The lowest BCUT2D eigenvalue weighted by Gasteiger charge is -2.22. The molecule has 1 N–H and O–H groups in total. The van der Waals surface area contributed by atoms with E-state index in [1.54, 1.807) is 0 Å². The molecule has 48 valence electrons. The van der Waals surface area contributed by atoms with E-state index in [1.165, 1.54) is 5.31 Å². The molecule has 0 aromatic heterocycles. The van der Waals surface area contributed by atoms with Crippen LogP contribution in [0.2, 0.25) is 1.41 Å². The fourth-order valence-electron chi connectivity index (χ4n) is 0.998. The van der Waals surface area contributed by atoms with Crippen molar-refractivity contribution < 1.29 is 5.80 Å². The summed E-state index contributed by atoms with van der Waals surface area (Å²) in [7, 11) is 0. The second-order valence-electron chi connectivity index (χ2n) is 2.38. The molecule has 2 atom stereocenters. The van der Waals surface area contributed by atoms with Crippen molar-refractivity contribution >= 4 is 0 Å². The molecule has 0 saturated carbocycles. The first kappa shape index (κ1) is 4.74. The molecule has 2 heteroatoms. The van der Waals surface area contributed by atoms with Crippen molar-refractivity contribution in [2.75, 3.05) is 6.54 Å². The van der Waals surface area contributed by atoms with E-state index in [9.17, 15) is 4.39 Å². The fourth-order valence-corrected chi connectivity index (χ4v) is 0.998. The van der Waals surface area contributed by atoms with Gasteiger partial charge in [-0.1, -0.05) is 0 Å². The molecule has 2 unspecified atom stereocenters. The number of halogens is 1. The molecular formula is C6H12FN. The van der Waals surface area contributed by atoms with Gasteiger partial charge >= 0.3 is 0 Å². The molecule has 1 aliphatic rings. The molecule has 1 fully saturated rings. The Kier molecular flexibility index (Phi) is 1.45. The monoisotopic (exact) mass is 118 g/mol. The maximum atomic E-state index is 12.5. The van der Waals surface area contributed by atoms with Gasteiger partial charge in [-0.2, -0.15) is 0 Å². The molecule has 0 aromatic carbocycles. The van der Waals surface area contributed by atoms with E-state index < -0.39 is 6.17 Å². The van der Waals surface area contributed by atoms with Crippen LogP contribution in [0.4, 0.5) is 4.39 Å². The zero-order chi connectivity index (χ0) is 6.85. The average Bonchev–Trinajstić information content (AvgIpc) is 1.80. The van der Waals surface area contributed by atoms with Gasteiger partial charge in [0.2, 0.25) is 0 Å². The highest BCUT2D eigenvalue weighted by Gasteiger charge is 2.15. The Labute approximate surface area is 50.7 Å². The van der Waals surface area contributed by atoms with Gasteiger partial charge in [-0.05, 0) is 26.3 Å². The van der Waals surface area contributed by atoms with Gasteiger partial charge in [0, 0.05) is 6.04 Å². The third-order valence-electron chi connectivity index (χ3n) is 1.48. The summed E-state index contributed by atoms with van der Waals surface area (Å²) < 4.78 is 19.7. The van der Waals surface area contributed by atoms with Crippen molar-refractivity contribution in [1.82, 2.24) is 5.31 Å². The van der Waals surface area contributed by atoms with Gasteiger partial charge < -0.3 is 5.31 Å². The van der Waals surface area contributed by atoms with Crippen molar-refractivity contribution in [3.8, 4) is 0 Å². The Morgan fingerprint density at radius 3 is 3.12 bits per heavy atom. The topological polar surface area (TPSA) is 12.0 Å². The molecule has 1 saturated heterocycles. The van der Waals surface area contributed by atoms with E-state index in [1.807, 2.05) is 6.92 Å². The highest BCUT2D eigenvalue weighted by molar-refractivity contribution is 4.73. The third kappa shape index (κ3) is 1.44. The molecule has 1 aliphatic heterocycles. The lowest BCUT2D eigenvalue weighted by Crippen LogP contribution is -2.36. The molecule has 0 aliphatic carbocycles. The summed E-state index contributed by atoms with van der Waals surface area (Å²) in [6.45, 7) is 2.47. The second-order valence-corrected chi connectivity index (χ2v) is 2.38. The van der Waals surface area contributed by atoms with Gasteiger partial charge in [0.15, 0.2) is 0 Å². The summed E-state index contributed by atoms with van der Waals surface area (Å²) in [5.41, 5.74) is 0. The Balaban J connectivity index is 2.35. The van der Waals surface area contributed by atoms with Crippen LogP contribution < -0.4 is 5.31 Å². The number of piperidine rings is 1. The third-order valence-corrected chi connectivity index (χ3v) is 1.48. The van der Waals surface area contributed by atoms with Crippen LogP contribution in [0.5, 0.6) is 0 Å². The van der Waals surface area contributed by atoms with Crippen molar-refractivity contribution in [1.29, 1.82) is 0 Å². The molecule has 0 spiro atoms. The van der Waals surface area contributed by atoms with Gasteiger partial charge in [0.05, 0.1) is 0 Å². The largest absolute Gasteiger partial charge is 0.314 e. The first-order chi connectivity index (χ1) is 4.20. The van der Waals surface area contributed by atoms with Crippen molar-refractivity contribution in [2.24, 2.45) is 0 Å². The number of alkyl halides is 1. The molecule has 0 amide bonds. The molecular weight excluding hydrogens is 105 g/mol. The fraction of sp³-hybridized carbons (Fsp3) is 1.00. The second kappa shape index (κ2) is 2.44. The van der Waals surface area contributed by atoms with Gasteiger partial charge in [-0.3, -0.25) is 0 Å². The summed E-state index contributed by atoms with van der Waals surface area (Å²) in [6, 6.07) is 0.105. The van der Waals surface area contributed by atoms with Gasteiger partial charge in [-0.15, -0.1) is 0 Å². The normalized spacial score (nSPS) is 44.0. The van der Waals surface area contributed by atoms with E-state index in [0.29, 0.717) is 19.4 Å². The average molecular weight is 118 g/mol. The zero-order valence-electron chi connectivity index (χ0n) is 6.10. The number of rotatable bonds is 0. The Morgan fingerprint density at radius 1 is 1.88 bits per heavy atom. The SMILES string of the molecule is [2H]N1CCC(F)CC1C. The van der Waals surface area contributed by atoms with Crippen molar-refractivity contribution in [2.45, 2.75) is 32.0 Å². The lowest BCUT2D eigenvalue weighted by molar-refractivity contribution is 0.230. The summed E-state index contributed by atoms with van der Waals surface area (Å²) >= 11 is 0. The molecule has 0 radical (unpaired) electrons. The Hall–Kier alpha value is -0.110. The summed E-state index contributed by atoms with van der Waals surface area (Å²) in [5.74, 6) is 0. The first-order valence-corrected chi connectivity index (χ1v) is 3.09. The number of hydrogen-bond donors (Lipinski definition) is 1. The quantitative estimate of drug-likeness (QED) is 0.502. The van der Waals surface area contributed by atoms with Crippen molar-refractivity contribution in [3.05, 3.63) is 0 Å². The summed E-state index contributed by atoms with van der Waals surface area (Å²) in [4.78, 5) is 0. The summed E-state index contributed by atoms with van der Waals surface area (Å²) in [5, 5.41) is 1.45. The van der Waals surface area contributed by atoms with Gasteiger partial charge in [0.25, 0.3) is 0 Å². The predicted molar refractivity (Wildman–Crippen MR) is 31.6 cm³/mol. The highest BCUT2D eigenvalue weighted by atomic mass is 19.1. The van der Waals surface area contributed by atoms with E-state index in [0.717, 1.165) is 0 Å². The van der Waals surface area contributed by atoms with E-state index in [4.69, 9.17) is 1.41 Å². The standard InChI is InChI=1S/C6H12FN/c1-5-4-6(7)2-3-8-5/h5-6,8H,2-4H2,1H3/i/hD. The minimum Gasteiger partial charge on any atom is -0.314 e. The zero-order valence-corrected chi connectivity index (χ0v) is 5.10. The predicted octanol–water partition coefficient (Wildman–Crippen LogP) is 1.10. The number of hydrogen-bond acceptors (Lipinski definition) is 1. The Bertz CT molecular complexity index is 99.1. The van der Waals surface area contributed by atoms with Crippen LogP contribution in [0.15, 0.2) is 0 Å². The van der Waals surface area contributed by atoms with Crippen LogP contribution in [0.1, 0.15) is 19.8 Å². The van der Waals surface area contributed by atoms with E-state index >= 15 is 0 Å². The van der Waals surface area contributed by atoms with Gasteiger partial charge in [-0.25, -0.2) is 4.39 Å². The lowest BCUT2D eigenvalue weighted by atomic mass is 10.1. The minimum atomic E-state index is -0.665. The van der Waals surface area contributed by atoms with Crippen LogP contribution in [-0.2, 0) is 0 Å². The van der Waals surface area contributed by atoms with Crippen LogP contribution in [0.3, 0.4) is 0 Å². The van der Waals surface area contributed by atoms with Gasteiger partial charge in [0.1, 0.15) is 7.58 Å². The Morgan fingerprint density at radius 2 is 2.62 bits per heavy atom. The molecule has 0 bridgehead atoms.